The molecule has 0 aliphatic heterocycles. The fourth-order valence-corrected chi connectivity index (χ4v) is 2.28. The van der Waals surface area contributed by atoms with Gasteiger partial charge in [0.25, 0.3) is 0 Å². The molecule has 0 saturated heterocycles. The standard InChI is InChI=1S/C10H13NO3S/c11-15(13,14)9-3-1-7(2-4-9)10-5-8(10)6-12/h1-4,8,10,12H,5-6H2,(H2,11,13,14)/t8-,10-/m1/s1. The highest BCUT2D eigenvalue weighted by Crippen LogP contribution is 2.46. The van der Waals surface area contributed by atoms with Gasteiger partial charge >= 0.3 is 0 Å². The van der Waals surface area contributed by atoms with Gasteiger partial charge in [0, 0.05) is 6.61 Å². The predicted molar refractivity (Wildman–Crippen MR) is 55.7 cm³/mol. The van der Waals surface area contributed by atoms with Crippen LogP contribution in [-0.4, -0.2) is 20.1 Å². The van der Waals surface area contributed by atoms with Crippen LogP contribution in [-0.2, 0) is 10.0 Å². The zero-order valence-corrected chi connectivity index (χ0v) is 8.94. The van der Waals surface area contributed by atoms with E-state index in [2.05, 4.69) is 0 Å². The zero-order valence-electron chi connectivity index (χ0n) is 8.13. The van der Waals surface area contributed by atoms with E-state index in [0.29, 0.717) is 11.8 Å². The van der Waals surface area contributed by atoms with E-state index in [9.17, 15) is 8.42 Å². The molecule has 2 rings (SSSR count). The third-order valence-electron chi connectivity index (χ3n) is 2.79. The van der Waals surface area contributed by atoms with Crippen molar-refractivity contribution in [3.8, 4) is 0 Å². The first-order valence-electron chi connectivity index (χ1n) is 4.76. The topological polar surface area (TPSA) is 80.4 Å². The molecule has 1 aliphatic rings. The first kappa shape index (κ1) is 10.6. The van der Waals surface area contributed by atoms with Gasteiger partial charge in [0.2, 0.25) is 10.0 Å². The number of sulfonamides is 1. The van der Waals surface area contributed by atoms with E-state index in [-0.39, 0.29) is 11.5 Å². The molecule has 1 saturated carbocycles. The first-order chi connectivity index (χ1) is 7.02. The normalized spacial score (nSPS) is 25.2. The van der Waals surface area contributed by atoms with Crippen LogP contribution in [0.2, 0.25) is 0 Å². The molecular weight excluding hydrogens is 214 g/mol. The summed E-state index contributed by atoms with van der Waals surface area (Å²) < 4.78 is 22.0. The average Bonchev–Trinajstić information content (AvgIpc) is 2.95. The minimum atomic E-state index is -3.59. The fourth-order valence-electron chi connectivity index (χ4n) is 1.76. The van der Waals surface area contributed by atoms with Gasteiger partial charge < -0.3 is 5.11 Å². The molecule has 1 aromatic rings. The molecule has 0 spiro atoms. The molecular formula is C10H13NO3S. The number of aliphatic hydroxyl groups excluding tert-OH is 1. The smallest absolute Gasteiger partial charge is 0.238 e. The van der Waals surface area contributed by atoms with Crippen LogP contribution in [0.1, 0.15) is 17.9 Å². The lowest BCUT2D eigenvalue weighted by molar-refractivity contribution is 0.274. The van der Waals surface area contributed by atoms with Gasteiger partial charge in [-0.05, 0) is 36.0 Å². The summed E-state index contributed by atoms with van der Waals surface area (Å²) in [6, 6.07) is 6.55. The van der Waals surface area contributed by atoms with Crippen LogP contribution in [0.5, 0.6) is 0 Å². The lowest BCUT2D eigenvalue weighted by atomic mass is 10.1. The Labute approximate surface area is 88.8 Å². The second-order valence-electron chi connectivity index (χ2n) is 3.90. The second-order valence-corrected chi connectivity index (χ2v) is 5.46. The number of benzene rings is 1. The van der Waals surface area contributed by atoms with Crippen molar-refractivity contribution in [3.63, 3.8) is 0 Å². The van der Waals surface area contributed by atoms with Crippen molar-refractivity contribution in [2.45, 2.75) is 17.2 Å². The molecule has 0 bridgehead atoms. The summed E-state index contributed by atoms with van der Waals surface area (Å²) in [7, 11) is -3.59. The Bertz CT molecular complexity index is 452. The molecule has 2 atom stereocenters. The van der Waals surface area contributed by atoms with E-state index in [1.165, 1.54) is 12.1 Å². The van der Waals surface area contributed by atoms with Crippen LogP contribution in [0.25, 0.3) is 0 Å². The summed E-state index contributed by atoms with van der Waals surface area (Å²) >= 11 is 0. The molecule has 5 heteroatoms. The maximum atomic E-state index is 11.0. The van der Waals surface area contributed by atoms with Crippen molar-refractivity contribution >= 4 is 10.0 Å². The van der Waals surface area contributed by atoms with E-state index >= 15 is 0 Å². The highest BCUT2D eigenvalue weighted by atomic mass is 32.2. The van der Waals surface area contributed by atoms with Gasteiger partial charge in [-0.2, -0.15) is 0 Å². The SMILES string of the molecule is NS(=O)(=O)c1ccc([C@H]2C[C@@H]2CO)cc1. The van der Waals surface area contributed by atoms with Crippen LogP contribution in [0.3, 0.4) is 0 Å². The quantitative estimate of drug-likeness (QED) is 0.785. The van der Waals surface area contributed by atoms with Crippen molar-refractivity contribution in [1.29, 1.82) is 0 Å². The number of hydrogen-bond donors (Lipinski definition) is 2. The van der Waals surface area contributed by atoms with E-state index in [1.807, 2.05) is 0 Å². The summed E-state index contributed by atoms with van der Waals surface area (Å²) in [4.78, 5) is 0.132. The van der Waals surface area contributed by atoms with Crippen molar-refractivity contribution in [3.05, 3.63) is 29.8 Å². The summed E-state index contributed by atoms with van der Waals surface area (Å²) in [6.07, 6.45) is 0.977. The number of hydrogen-bond acceptors (Lipinski definition) is 3. The van der Waals surface area contributed by atoms with Gasteiger partial charge in [-0.25, -0.2) is 13.6 Å². The van der Waals surface area contributed by atoms with E-state index in [0.717, 1.165) is 12.0 Å². The summed E-state index contributed by atoms with van der Waals surface area (Å²) in [5, 5.41) is 13.9. The molecule has 0 amide bonds. The minimum absolute atomic E-state index is 0.132. The Balaban J connectivity index is 2.19. The van der Waals surface area contributed by atoms with E-state index in [4.69, 9.17) is 10.2 Å². The maximum absolute atomic E-state index is 11.0. The Morgan fingerprint density at radius 3 is 2.33 bits per heavy atom. The van der Waals surface area contributed by atoms with Crippen molar-refractivity contribution in [2.75, 3.05) is 6.61 Å². The van der Waals surface area contributed by atoms with Crippen molar-refractivity contribution in [1.82, 2.24) is 0 Å². The molecule has 1 fully saturated rings. The Morgan fingerprint density at radius 2 is 1.93 bits per heavy atom. The summed E-state index contributed by atoms with van der Waals surface area (Å²) in [6.45, 7) is 0.196. The molecule has 15 heavy (non-hydrogen) atoms. The summed E-state index contributed by atoms with van der Waals surface area (Å²) in [5.74, 6) is 0.717. The maximum Gasteiger partial charge on any atom is 0.238 e. The third-order valence-corrected chi connectivity index (χ3v) is 3.72. The largest absolute Gasteiger partial charge is 0.396 e. The number of nitrogens with two attached hydrogens (primary N) is 1. The van der Waals surface area contributed by atoms with Crippen molar-refractivity contribution < 1.29 is 13.5 Å². The lowest BCUT2D eigenvalue weighted by Crippen LogP contribution is -2.11. The van der Waals surface area contributed by atoms with Crippen LogP contribution < -0.4 is 5.14 Å². The lowest BCUT2D eigenvalue weighted by Gasteiger charge is -2.01. The molecule has 1 aromatic carbocycles. The van der Waals surface area contributed by atoms with Gasteiger partial charge in [0.1, 0.15) is 0 Å². The van der Waals surface area contributed by atoms with Gasteiger partial charge in [0.15, 0.2) is 0 Å². The molecule has 3 N–H and O–H groups in total. The average molecular weight is 227 g/mol. The summed E-state index contributed by atoms with van der Waals surface area (Å²) in [5.41, 5.74) is 1.07. The van der Waals surface area contributed by atoms with Gasteiger partial charge in [-0.1, -0.05) is 12.1 Å². The highest BCUT2D eigenvalue weighted by molar-refractivity contribution is 7.89. The molecule has 4 nitrogen and oxygen atoms in total. The van der Waals surface area contributed by atoms with Gasteiger partial charge in [-0.15, -0.1) is 0 Å². The molecule has 0 radical (unpaired) electrons. The molecule has 0 aromatic heterocycles. The second kappa shape index (κ2) is 3.59. The Morgan fingerprint density at radius 1 is 1.33 bits per heavy atom. The highest BCUT2D eigenvalue weighted by Gasteiger charge is 2.37. The molecule has 1 aliphatic carbocycles. The van der Waals surface area contributed by atoms with E-state index < -0.39 is 10.0 Å². The fraction of sp³-hybridized carbons (Fsp3) is 0.400. The minimum Gasteiger partial charge on any atom is -0.396 e. The monoisotopic (exact) mass is 227 g/mol. The zero-order chi connectivity index (χ0) is 11.1. The van der Waals surface area contributed by atoms with Gasteiger partial charge in [0.05, 0.1) is 4.90 Å². The Kier molecular flexibility index (Phi) is 2.54. The van der Waals surface area contributed by atoms with Crippen LogP contribution in [0.4, 0.5) is 0 Å². The van der Waals surface area contributed by atoms with Crippen LogP contribution in [0, 0.1) is 5.92 Å². The number of rotatable bonds is 3. The van der Waals surface area contributed by atoms with Gasteiger partial charge in [-0.3, -0.25) is 0 Å². The third kappa shape index (κ3) is 2.19. The Hall–Kier alpha value is -0.910. The molecule has 0 heterocycles. The van der Waals surface area contributed by atoms with E-state index in [1.54, 1.807) is 12.1 Å². The molecule has 0 unspecified atom stereocenters. The number of primary sulfonamides is 1. The van der Waals surface area contributed by atoms with Crippen LogP contribution >= 0.6 is 0 Å². The molecule has 82 valence electrons. The number of aliphatic hydroxyl groups is 1. The predicted octanol–water partition coefficient (Wildman–Crippen LogP) is 0.430. The first-order valence-corrected chi connectivity index (χ1v) is 6.30. The van der Waals surface area contributed by atoms with Crippen LogP contribution in [0.15, 0.2) is 29.2 Å². The van der Waals surface area contributed by atoms with Crippen molar-refractivity contribution in [2.24, 2.45) is 11.1 Å².